The number of methoxy groups -OCH3 is 1. The van der Waals surface area contributed by atoms with Crippen LogP contribution in [0, 0.1) is 10.1 Å². The Bertz CT molecular complexity index is 419. The van der Waals surface area contributed by atoms with Crippen LogP contribution in [0.4, 0.5) is 18.9 Å². The largest absolute Gasteiger partial charge is 0.460 e. The maximum atomic E-state index is 12.3. The average molecular weight is 251 g/mol. The number of halogens is 3. The van der Waals surface area contributed by atoms with Gasteiger partial charge in [-0.15, -0.1) is 0 Å². The first kappa shape index (κ1) is 13.2. The Hall–Kier alpha value is -1.83. The Morgan fingerprint density at radius 3 is 2.53 bits per heavy atom. The van der Waals surface area contributed by atoms with E-state index in [1.54, 1.807) is 0 Å². The molecule has 0 amide bonds. The van der Waals surface area contributed by atoms with E-state index in [1.807, 2.05) is 0 Å². The molecule has 5 nitrogen and oxygen atoms in total. The van der Waals surface area contributed by atoms with E-state index in [9.17, 15) is 23.3 Å². The van der Waals surface area contributed by atoms with Gasteiger partial charge >= 0.3 is 11.9 Å². The third-order valence-corrected chi connectivity index (χ3v) is 1.82. The van der Waals surface area contributed by atoms with Crippen molar-refractivity contribution in [1.29, 1.82) is 0 Å². The third kappa shape index (κ3) is 3.31. The Kier molecular flexibility index (Phi) is 3.89. The fraction of sp³-hybridized carbons (Fsp3) is 0.333. The van der Waals surface area contributed by atoms with Crippen LogP contribution in [-0.4, -0.2) is 18.8 Å². The number of rotatable bonds is 4. The number of ether oxygens (including phenoxy) is 2. The summed E-state index contributed by atoms with van der Waals surface area (Å²) in [4.78, 5) is 9.64. The predicted octanol–water partition coefficient (Wildman–Crippen LogP) is 2.60. The fourth-order valence-corrected chi connectivity index (χ4v) is 1.08. The van der Waals surface area contributed by atoms with E-state index >= 15 is 0 Å². The summed E-state index contributed by atoms with van der Waals surface area (Å²) in [6.45, 7) is -0.286. The van der Waals surface area contributed by atoms with Crippen LogP contribution in [0.1, 0.15) is 5.56 Å². The average Bonchev–Trinajstić information content (AvgIpc) is 2.24. The molecule has 0 unspecified atom stereocenters. The number of nitro benzene ring substituents is 1. The van der Waals surface area contributed by atoms with Crippen LogP contribution in [0.3, 0.4) is 0 Å². The molecule has 17 heavy (non-hydrogen) atoms. The number of hydrogen-bond acceptors (Lipinski definition) is 4. The molecule has 0 aliphatic heterocycles. The molecule has 0 saturated heterocycles. The smallest absolute Gasteiger partial charge is 0.416 e. The molecule has 1 rings (SSSR count). The highest BCUT2D eigenvalue weighted by Crippen LogP contribution is 2.35. The molecule has 0 N–H and O–H groups in total. The molecule has 0 spiro atoms. The minimum Gasteiger partial charge on any atom is -0.460 e. The second kappa shape index (κ2) is 5.00. The Labute approximate surface area is 93.9 Å². The maximum Gasteiger partial charge on any atom is 0.416 e. The number of nitro groups is 1. The van der Waals surface area contributed by atoms with Crippen LogP contribution in [0.25, 0.3) is 0 Å². The van der Waals surface area contributed by atoms with Crippen molar-refractivity contribution in [2.24, 2.45) is 0 Å². The van der Waals surface area contributed by atoms with Crippen LogP contribution in [-0.2, 0) is 10.9 Å². The quantitative estimate of drug-likeness (QED) is 0.468. The van der Waals surface area contributed by atoms with Crippen molar-refractivity contribution in [3.63, 3.8) is 0 Å². The summed E-state index contributed by atoms with van der Waals surface area (Å²) in [6, 6.07) is 2.02. The fourth-order valence-electron chi connectivity index (χ4n) is 1.08. The molecule has 94 valence electrons. The monoisotopic (exact) mass is 251 g/mol. The van der Waals surface area contributed by atoms with Gasteiger partial charge in [-0.1, -0.05) is 0 Å². The van der Waals surface area contributed by atoms with E-state index in [0.717, 1.165) is 6.07 Å². The molecule has 0 bridgehead atoms. The van der Waals surface area contributed by atoms with E-state index in [0.29, 0.717) is 12.1 Å². The first-order valence-electron chi connectivity index (χ1n) is 4.33. The van der Waals surface area contributed by atoms with Gasteiger partial charge in [0.15, 0.2) is 12.5 Å². The Balaban J connectivity index is 3.13. The molecule has 1 aromatic carbocycles. The van der Waals surface area contributed by atoms with Crippen LogP contribution in [0.2, 0.25) is 0 Å². The van der Waals surface area contributed by atoms with E-state index in [4.69, 9.17) is 4.74 Å². The van der Waals surface area contributed by atoms with Crippen LogP contribution >= 0.6 is 0 Å². The van der Waals surface area contributed by atoms with Gasteiger partial charge in [-0.3, -0.25) is 10.1 Å². The lowest BCUT2D eigenvalue weighted by atomic mass is 10.2. The van der Waals surface area contributed by atoms with Gasteiger partial charge in [-0.05, 0) is 12.1 Å². The summed E-state index contributed by atoms with van der Waals surface area (Å²) in [5.74, 6) is -0.273. The van der Waals surface area contributed by atoms with Crippen molar-refractivity contribution in [3.05, 3.63) is 33.9 Å². The zero-order valence-electron chi connectivity index (χ0n) is 8.65. The highest BCUT2D eigenvalue weighted by atomic mass is 19.4. The summed E-state index contributed by atoms with van der Waals surface area (Å²) >= 11 is 0. The molecule has 0 aliphatic rings. The van der Waals surface area contributed by atoms with Gasteiger partial charge in [-0.25, -0.2) is 0 Å². The summed E-state index contributed by atoms with van der Waals surface area (Å²) in [5, 5.41) is 10.6. The number of hydrogen-bond donors (Lipinski definition) is 0. The first-order valence-corrected chi connectivity index (χ1v) is 4.33. The zero-order valence-corrected chi connectivity index (χ0v) is 8.65. The Morgan fingerprint density at radius 2 is 2.06 bits per heavy atom. The summed E-state index contributed by atoms with van der Waals surface area (Å²) < 4.78 is 46.3. The van der Waals surface area contributed by atoms with E-state index in [1.165, 1.54) is 7.11 Å². The third-order valence-electron chi connectivity index (χ3n) is 1.82. The molecular weight excluding hydrogens is 243 g/mol. The lowest BCUT2D eigenvalue weighted by molar-refractivity contribution is -0.386. The molecule has 1 aromatic rings. The van der Waals surface area contributed by atoms with Crippen LogP contribution in [0.5, 0.6) is 5.75 Å². The van der Waals surface area contributed by atoms with Crippen LogP contribution in [0.15, 0.2) is 18.2 Å². The molecule has 0 fully saturated rings. The summed E-state index contributed by atoms with van der Waals surface area (Å²) in [7, 11) is 1.29. The van der Waals surface area contributed by atoms with Crippen molar-refractivity contribution < 1.29 is 27.6 Å². The molecule has 0 heterocycles. The molecule has 0 atom stereocenters. The normalized spacial score (nSPS) is 11.3. The molecular formula is C9H8F3NO4. The maximum absolute atomic E-state index is 12.3. The van der Waals surface area contributed by atoms with Gasteiger partial charge in [0.25, 0.3) is 0 Å². The van der Waals surface area contributed by atoms with Gasteiger partial charge in [-0.2, -0.15) is 13.2 Å². The molecule has 8 heteroatoms. The lowest BCUT2D eigenvalue weighted by Crippen LogP contribution is -2.07. The minimum absolute atomic E-state index is 0.273. The van der Waals surface area contributed by atoms with Crippen LogP contribution < -0.4 is 4.74 Å². The van der Waals surface area contributed by atoms with E-state index < -0.39 is 22.4 Å². The minimum atomic E-state index is -4.63. The van der Waals surface area contributed by atoms with Crippen molar-refractivity contribution >= 4 is 5.69 Å². The van der Waals surface area contributed by atoms with Gasteiger partial charge in [0, 0.05) is 13.2 Å². The Morgan fingerprint density at radius 1 is 1.41 bits per heavy atom. The topological polar surface area (TPSA) is 61.6 Å². The molecule has 0 aliphatic carbocycles. The zero-order chi connectivity index (χ0) is 13.1. The number of alkyl halides is 3. The lowest BCUT2D eigenvalue weighted by Gasteiger charge is -2.09. The molecule has 0 saturated carbocycles. The van der Waals surface area contributed by atoms with Gasteiger partial charge in [0.2, 0.25) is 0 Å². The van der Waals surface area contributed by atoms with Gasteiger partial charge in [0.1, 0.15) is 0 Å². The summed E-state index contributed by atoms with van der Waals surface area (Å²) in [5.41, 5.74) is -1.86. The molecule has 0 radical (unpaired) electrons. The second-order valence-electron chi connectivity index (χ2n) is 2.99. The van der Waals surface area contributed by atoms with Crippen molar-refractivity contribution in [3.8, 4) is 5.75 Å². The number of benzene rings is 1. The second-order valence-corrected chi connectivity index (χ2v) is 2.99. The van der Waals surface area contributed by atoms with E-state index in [-0.39, 0.29) is 12.5 Å². The standard InChI is InChI=1S/C9H8F3NO4/c1-16-5-17-8-3-2-6(9(10,11)12)4-7(8)13(14)15/h2-4H,5H2,1H3. The van der Waals surface area contributed by atoms with Gasteiger partial charge in [0.05, 0.1) is 10.5 Å². The molecule has 0 aromatic heterocycles. The highest BCUT2D eigenvalue weighted by molar-refractivity contribution is 5.49. The predicted molar refractivity (Wildman–Crippen MR) is 50.6 cm³/mol. The SMILES string of the molecule is COCOc1ccc(C(F)(F)F)cc1[N+](=O)[O-]. The van der Waals surface area contributed by atoms with Gasteiger partial charge < -0.3 is 9.47 Å². The first-order chi connectivity index (χ1) is 7.86. The van der Waals surface area contributed by atoms with Crippen molar-refractivity contribution in [2.45, 2.75) is 6.18 Å². The summed E-state index contributed by atoms with van der Waals surface area (Å²) in [6.07, 6.45) is -4.63. The highest BCUT2D eigenvalue weighted by Gasteiger charge is 2.33. The number of nitrogens with zero attached hydrogens (tertiary/aromatic N) is 1. The van der Waals surface area contributed by atoms with E-state index in [2.05, 4.69) is 4.74 Å². The van der Waals surface area contributed by atoms with Crippen molar-refractivity contribution in [2.75, 3.05) is 13.9 Å². The van der Waals surface area contributed by atoms with Crippen molar-refractivity contribution in [1.82, 2.24) is 0 Å².